The lowest BCUT2D eigenvalue weighted by Crippen LogP contribution is -2.48. The minimum absolute atomic E-state index is 0.116. The Hall–Kier alpha value is -3.00. The van der Waals surface area contributed by atoms with E-state index in [1.54, 1.807) is 0 Å². The number of hydrogen-bond donors (Lipinski definition) is 1. The molecule has 0 radical (unpaired) electrons. The van der Waals surface area contributed by atoms with Crippen molar-refractivity contribution in [1.29, 1.82) is 0 Å². The molecule has 0 aliphatic carbocycles. The number of fused-ring (bicyclic) bond motifs is 3. The summed E-state index contributed by atoms with van der Waals surface area (Å²) in [5.74, 6) is 0. The van der Waals surface area contributed by atoms with E-state index in [-0.39, 0.29) is 11.6 Å². The molecule has 2 unspecified atom stereocenters. The Morgan fingerprint density at radius 1 is 0.765 bits per heavy atom. The first-order valence-electron chi connectivity index (χ1n) is 11.0. The van der Waals surface area contributed by atoms with Crippen LogP contribution < -0.4 is 10.2 Å². The van der Waals surface area contributed by atoms with Gasteiger partial charge in [0.1, 0.15) is 0 Å². The van der Waals surface area contributed by atoms with Crippen molar-refractivity contribution in [2.45, 2.75) is 43.3 Å². The van der Waals surface area contributed by atoms with Gasteiger partial charge in [0.25, 0.3) is 0 Å². The standard InChI is InChI=1S/C26H22F6N2/c27-25(28,29)19-9-5-17(6-10-19)15-24-13-14-33-23(24)34(22-4-2-1-3-21(22)24)16-18-7-11-20(12-8-18)26(30,31)32/h1-12,23,33H,13-16H2. The average molecular weight is 476 g/mol. The molecule has 2 atom stereocenters. The molecule has 8 heteroatoms. The van der Waals surface area contributed by atoms with Gasteiger partial charge in [0, 0.05) is 17.6 Å². The molecule has 1 N–H and O–H groups in total. The highest BCUT2D eigenvalue weighted by molar-refractivity contribution is 5.66. The van der Waals surface area contributed by atoms with Gasteiger partial charge in [-0.1, -0.05) is 42.5 Å². The number of nitrogens with one attached hydrogen (secondary N) is 1. The van der Waals surface area contributed by atoms with Crippen molar-refractivity contribution < 1.29 is 26.3 Å². The molecule has 3 aromatic rings. The zero-order chi connectivity index (χ0) is 24.1. The Morgan fingerprint density at radius 3 is 1.91 bits per heavy atom. The maximum atomic E-state index is 13.0. The van der Waals surface area contributed by atoms with E-state index >= 15 is 0 Å². The quantitative estimate of drug-likeness (QED) is 0.430. The Morgan fingerprint density at radius 2 is 1.32 bits per heavy atom. The topological polar surface area (TPSA) is 15.3 Å². The summed E-state index contributed by atoms with van der Waals surface area (Å²) in [5.41, 5.74) is 1.96. The Bertz CT molecular complexity index is 1170. The molecule has 5 rings (SSSR count). The third-order valence-corrected chi connectivity index (χ3v) is 6.93. The summed E-state index contributed by atoms with van der Waals surface area (Å²) in [7, 11) is 0. The summed E-state index contributed by atoms with van der Waals surface area (Å²) in [6.07, 6.45) is -7.52. The largest absolute Gasteiger partial charge is 0.416 e. The van der Waals surface area contributed by atoms with E-state index in [4.69, 9.17) is 0 Å². The molecule has 178 valence electrons. The number of alkyl halides is 6. The number of para-hydroxylation sites is 1. The number of anilines is 1. The highest BCUT2D eigenvalue weighted by atomic mass is 19.4. The number of hydrogen-bond acceptors (Lipinski definition) is 2. The average Bonchev–Trinajstić information content (AvgIpc) is 3.30. The molecular formula is C26H22F6N2. The first-order valence-corrected chi connectivity index (χ1v) is 11.0. The van der Waals surface area contributed by atoms with Crippen molar-refractivity contribution >= 4 is 5.69 Å². The molecule has 0 spiro atoms. The fraction of sp³-hybridized carbons (Fsp3) is 0.308. The van der Waals surface area contributed by atoms with Crippen LogP contribution >= 0.6 is 0 Å². The Kier molecular flexibility index (Phi) is 5.39. The second kappa shape index (κ2) is 8.05. The molecule has 1 fully saturated rings. The van der Waals surface area contributed by atoms with Crippen molar-refractivity contribution in [3.8, 4) is 0 Å². The van der Waals surface area contributed by atoms with Gasteiger partial charge in [-0.15, -0.1) is 0 Å². The summed E-state index contributed by atoms with van der Waals surface area (Å²) in [6, 6.07) is 18.4. The van der Waals surface area contributed by atoms with Gasteiger partial charge >= 0.3 is 12.4 Å². The first kappa shape index (κ1) is 22.8. The molecule has 3 aromatic carbocycles. The SMILES string of the molecule is FC(F)(F)c1ccc(CN2c3ccccc3C3(Cc4ccc(C(F)(F)F)cc4)CCNC23)cc1. The molecule has 0 saturated carbocycles. The summed E-state index contributed by atoms with van der Waals surface area (Å²) in [5, 5.41) is 3.53. The van der Waals surface area contributed by atoms with Gasteiger partial charge in [0.05, 0.1) is 17.3 Å². The molecule has 34 heavy (non-hydrogen) atoms. The van der Waals surface area contributed by atoms with Crippen molar-refractivity contribution in [3.63, 3.8) is 0 Å². The van der Waals surface area contributed by atoms with Crippen LogP contribution in [0, 0.1) is 0 Å². The second-order valence-electron chi connectivity index (χ2n) is 8.97. The van der Waals surface area contributed by atoms with Gasteiger partial charge in [-0.3, -0.25) is 5.32 Å². The molecular weight excluding hydrogens is 454 g/mol. The second-order valence-corrected chi connectivity index (χ2v) is 8.97. The van der Waals surface area contributed by atoms with Crippen LogP contribution in [-0.2, 0) is 30.7 Å². The summed E-state index contributed by atoms with van der Waals surface area (Å²) < 4.78 is 77.9. The zero-order valence-corrected chi connectivity index (χ0v) is 18.0. The van der Waals surface area contributed by atoms with Crippen molar-refractivity contribution in [2.24, 2.45) is 0 Å². The van der Waals surface area contributed by atoms with Crippen LogP contribution in [0.4, 0.5) is 32.0 Å². The van der Waals surface area contributed by atoms with Crippen LogP contribution in [0.25, 0.3) is 0 Å². The Balaban J connectivity index is 1.46. The third kappa shape index (κ3) is 3.94. The summed E-state index contributed by atoms with van der Waals surface area (Å²) in [4.78, 5) is 2.16. The van der Waals surface area contributed by atoms with Crippen LogP contribution in [0.3, 0.4) is 0 Å². The van der Waals surface area contributed by atoms with Gasteiger partial charge < -0.3 is 4.90 Å². The van der Waals surface area contributed by atoms with Gasteiger partial charge in [0.15, 0.2) is 0 Å². The van der Waals surface area contributed by atoms with Gasteiger partial charge in [0.2, 0.25) is 0 Å². The highest BCUT2D eigenvalue weighted by Gasteiger charge is 2.53. The Labute approximate surface area is 193 Å². The van der Waals surface area contributed by atoms with Gasteiger partial charge in [-0.2, -0.15) is 26.3 Å². The number of halogens is 6. The minimum atomic E-state index is -4.39. The molecule has 0 bridgehead atoms. The minimum Gasteiger partial charge on any atom is -0.350 e. The van der Waals surface area contributed by atoms with Gasteiger partial charge in [-0.05, 0) is 66.4 Å². The van der Waals surface area contributed by atoms with Crippen molar-refractivity contribution in [3.05, 3.63) is 101 Å². The summed E-state index contributed by atoms with van der Waals surface area (Å²) in [6.45, 7) is 1.16. The molecule has 2 nitrogen and oxygen atoms in total. The number of benzene rings is 3. The highest BCUT2D eigenvalue weighted by Crippen LogP contribution is 2.51. The van der Waals surface area contributed by atoms with Crippen molar-refractivity contribution in [1.82, 2.24) is 5.32 Å². The fourth-order valence-corrected chi connectivity index (χ4v) is 5.37. The lowest BCUT2D eigenvalue weighted by Gasteiger charge is -2.34. The van der Waals surface area contributed by atoms with Crippen LogP contribution in [0.1, 0.15) is 34.2 Å². The summed E-state index contributed by atoms with van der Waals surface area (Å²) >= 11 is 0. The lowest BCUT2D eigenvalue weighted by molar-refractivity contribution is -0.138. The lowest BCUT2D eigenvalue weighted by atomic mass is 9.74. The third-order valence-electron chi connectivity index (χ3n) is 6.93. The van der Waals surface area contributed by atoms with E-state index in [0.29, 0.717) is 13.0 Å². The van der Waals surface area contributed by atoms with Gasteiger partial charge in [-0.25, -0.2) is 0 Å². The predicted octanol–water partition coefficient (Wildman–Crippen LogP) is 6.54. The van der Waals surface area contributed by atoms with E-state index in [1.165, 1.54) is 24.3 Å². The maximum Gasteiger partial charge on any atom is 0.416 e. The van der Waals surface area contributed by atoms with Crippen molar-refractivity contribution in [2.75, 3.05) is 11.4 Å². The van der Waals surface area contributed by atoms with E-state index in [2.05, 4.69) is 10.2 Å². The maximum absolute atomic E-state index is 13.0. The van der Waals surface area contributed by atoms with Crippen LogP contribution in [0.15, 0.2) is 72.8 Å². The van der Waals surface area contributed by atoms with Crippen LogP contribution in [0.2, 0.25) is 0 Å². The fourth-order valence-electron chi connectivity index (χ4n) is 5.37. The predicted molar refractivity (Wildman–Crippen MR) is 117 cm³/mol. The number of nitrogens with zero attached hydrogens (tertiary/aromatic N) is 1. The first-order chi connectivity index (χ1) is 16.1. The molecule has 1 saturated heterocycles. The monoisotopic (exact) mass is 476 g/mol. The van der Waals surface area contributed by atoms with E-state index < -0.39 is 23.5 Å². The molecule has 2 aliphatic rings. The number of rotatable bonds is 4. The molecule has 2 heterocycles. The molecule has 2 aliphatic heterocycles. The van der Waals surface area contributed by atoms with Crippen LogP contribution in [0.5, 0.6) is 0 Å². The van der Waals surface area contributed by atoms with Crippen LogP contribution in [-0.4, -0.2) is 12.7 Å². The van der Waals surface area contributed by atoms with E-state index in [9.17, 15) is 26.3 Å². The normalized spacial score (nSPS) is 22.1. The zero-order valence-electron chi connectivity index (χ0n) is 18.0. The smallest absolute Gasteiger partial charge is 0.350 e. The van der Waals surface area contributed by atoms with E-state index in [1.807, 2.05) is 24.3 Å². The molecule has 0 amide bonds. The van der Waals surface area contributed by atoms with E-state index in [0.717, 1.165) is 59.6 Å². The molecule has 0 aromatic heterocycles.